The predicted molar refractivity (Wildman–Crippen MR) is 92.3 cm³/mol. The number of carbonyl (C=O) groups excluding carboxylic acids is 1. The lowest BCUT2D eigenvalue weighted by molar-refractivity contribution is -0.170. The second-order valence-corrected chi connectivity index (χ2v) is 5.81. The maximum Gasteiger partial charge on any atom is 0.431 e. The van der Waals surface area contributed by atoms with Gasteiger partial charge in [-0.05, 0) is 36.4 Å². The molecule has 0 aliphatic rings. The molecule has 132 valence electrons. The van der Waals surface area contributed by atoms with Gasteiger partial charge in [0.05, 0.1) is 11.9 Å². The summed E-state index contributed by atoms with van der Waals surface area (Å²) in [5.41, 5.74) is 2.31. The fourth-order valence-corrected chi connectivity index (χ4v) is 2.19. The van der Waals surface area contributed by atoms with Crippen molar-refractivity contribution in [1.82, 2.24) is 10.3 Å². The lowest BCUT2D eigenvalue weighted by Gasteiger charge is -2.33. The summed E-state index contributed by atoms with van der Waals surface area (Å²) in [6.45, 7) is 0. The number of hydrogen-bond acceptors (Lipinski definition) is 4. The molecule has 1 amide bonds. The van der Waals surface area contributed by atoms with Crippen LogP contribution < -0.4 is 16.4 Å². The van der Waals surface area contributed by atoms with E-state index < -0.39 is 22.7 Å². The topological polar surface area (TPSA) is 80.0 Å². The Bertz CT molecular complexity index is 771. The number of alkyl halides is 3. The van der Waals surface area contributed by atoms with Crippen LogP contribution in [0.2, 0.25) is 5.02 Å². The number of pyridine rings is 1. The highest BCUT2D eigenvalue weighted by Gasteiger charge is 2.56. The van der Waals surface area contributed by atoms with Crippen LogP contribution in [-0.2, 0) is 0 Å². The van der Waals surface area contributed by atoms with E-state index in [0.29, 0.717) is 5.02 Å². The number of halogens is 4. The molecule has 25 heavy (non-hydrogen) atoms. The maximum absolute atomic E-state index is 13.5. The molecule has 0 aliphatic carbocycles. The third kappa shape index (κ3) is 4.44. The first-order chi connectivity index (χ1) is 11.6. The average Bonchev–Trinajstić information content (AvgIpc) is 2.55. The van der Waals surface area contributed by atoms with Gasteiger partial charge in [0.25, 0.3) is 5.91 Å². The minimum Gasteiger partial charge on any atom is -0.345 e. The van der Waals surface area contributed by atoms with Gasteiger partial charge in [-0.1, -0.05) is 23.8 Å². The Morgan fingerprint density at radius 1 is 1.20 bits per heavy atom. The number of aromatic nitrogens is 1. The second kappa shape index (κ2) is 7.34. The van der Waals surface area contributed by atoms with Crippen molar-refractivity contribution >= 4 is 40.4 Å². The van der Waals surface area contributed by atoms with Crippen molar-refractivity contribution in [3.8, 4) is 0 Å². The van der Waals surface area contributed by atoms with Crippen molar-refractivity contribution in [2.75, 3.05) is 5.32 Å². The summed E-state index contributed by atoms with van der Waals surface area (Å²) in [4.78, 5) is 15.1. The number of nitrogens with two attached hydrogens (primary N) is 1. The smallest absolute Gasteiger partial charge is 0.345 e. The summed E-state index contributed by atoms with van der Waals surface area (Å²) in [6.07, 6.45) is -2.33. The normalized spacial score (nSPS) is 13.6. The van der Waals surface area contributed by atoms with Crippen molar-refractivity contribution in [3.63, 3.8) is 0 Å². The first kappa shape index (κ1) is 19.1. The van der Waals surface area contributed by atoms with Crippen LogP contribution in [0.15, 0.2) is 48.8 Å². The molecule has 2 aromatic rings. The van der Waals surface area contributed by atoms with E-state index in [9.17, 15) is 18.0 Å². The molecule has 0 fully saturated rings. The number of benzene rings is 1. The van der Waals surface area contributed by atoms with Gasteiger partial charge in [-0.25, -0.2) is 0 Å². The molecule has 1 heterocycles. The van der Waals surface area contributed by atoms with E-state index in [0.717, 1.165) is 0 Å². The lowest BCUT2D eigenvalue weighted by atomic mass is 10.1. The van der Waals surface area contributed by atoms with Crippen LogP contribution in [0, 0.1) is 0 Å². The molecule has 4 N–H and O–H groups in total. The number of rotatable bonds is 4. The first-order valence-electron chi connectivity index (χ1n) is 6.78. The lowest BCUT2D eigenvalue weighted by Crippen LogP contribution is -2.71. The van der Waals surface area contributed by atoms with E-state index in [-0.39, 0.29) is 11.3 Å². The zero-order valence-corrected chi connectivity index (χ0v) is 14.0. The Morgan fingerprint density at radius 3 is 2.36 bits per heavy atom. The summed E-state index contributed by atoms with van der Waals surface area (Å²) in [6, 6.07) is 8.24. The zero-order valence-electron chi connectivity index (χ0n) is 12.5. The molecule has 0 saturated heterocycles. The third-order valence-electron chi connectivity index (χ3n) is 3.14. The van der Waals surface area contributed by atoms with E-state index in [2.05, 4.69) is 10.3 Å². The number of thiocarbonyl (C=S) groups is 1. The van der Waals surface area contributed by atoms with Crippen LogP contribution in [0.4, 0.5) is 18.9 Å². The SMILES string of the molecule is NC(NC(=O)c1ccc(Cl)cc1)(C(=S)Nc1cccnc1)C(F)(F)F. The van der Waals surface area contributed by atoms with Crippen molar-refractivity contribution in [2.45, 2.75) is 11.8 Å². The molecule has 0 radical (unpaired) electrons. The second-order valence-electron chi connectivity index (χ2n) is 4.96. The third-order valence-corrected chi connectivity index (χ3v) is 3.82. The average molecular weight is 389 g/mol. The van der Waals surface area contributed by atoms with Crippen LogP contribution >= 0.6 is 23.8 Å². The van der Waals surface area contributed by atoms with Gasteiger partial charge in [-0.2, -0.15) is 13.2 Å². The Labute approximate surface area is 151 Å². The molecular weight excluding hydrogens is 377 g/mol. The van der Waals surface area contributed by atoms with Gasteiger partial charge < -0.3 is 10.6 Å². The molecule has 1 unspecified atom stereocenters. The largest absolute Gasteiger partial charge is 0.431 e. The minimum absolute atomic E-state index is 0.0485. The van der Waals surface area contributed by atoms with Crippen LogP contribution in [0.3, 0.4) is 0 Å². The Balaban J connectivity index is 2.26. The van der Waals surface area contributed by atoms with E-state index in [1.807, 2.05) is 0 Å². The predicted octanol–water partition coefficient (Wildman–Crippen LogP) is 3.12. The van der Waals surface area contributed by atoms with E-state index in [4.69, 9.17) is 29.6 Å². The standard InChI is InChI=1S/C15H12ClF3N4OS/c16-10-5-3-9(4-6-10)12(24)23-14(20,15(17,18)19)13(25)22-11-2-1-7-21-8-11/h1-8H,20H2,(H,22,25)(H,23,24). The van der Waals surface area contributed by atoms with Crippen LogP contribution in [0.25, 0.3) is 0 Å². The van der Waals surface area contributed by atoms with Crippen molar-refractivity contribution in [2.24, 2.45) is 5.73 Å². The van der Waals surface area contributed by atoms with Gasteiger partial charge in [0, 0.05) is 16.8 Å². The Kier molecular flexibility index (Phi) is 5.61. The molecule has 0 bridgehead atoms. The van der Waals surface area contributed by atoms with E-state index in [1.54, 1.807) is 5.32 Å². The van der Waals surface area contributed by atoms with Crippen LogP contribution in [0.1, 0.15) is 10.4 Å². The minimum atomic E-state index is -5.04. The van der Waals surface area contributed by atoms with E-state index in [1.165, 1.54) is 48.8 Å². The highest BCUT2D eigenvalue weighted by atomic mass is 35.5. The van der Waals surface area contributed by atoms with Gasteiger partial charge in [0.2, 0.25) is 5.66 Å². The van der Waals surface area contributed by atoms with Crippen molar-refractivity contribution in [1.29, 1.82) is 0 Å². The highest BCUT2D eigenvalue weighted by Crippen LogP contribution is 2.29. The monoisotopic (exact) mass is 388 g/mol. The van der Waals surface area contributed by atoms with Gasteiger partial charge in [-0.3, -0.25) is 15.5 Å². The molecular formula is C15H12ClF3N4OS. The van der Waals surface area contributed by atoms with Gasteiger partial charge in [0.1, 0.15) is 4.99 Å². The fraction of sp³-hybridized carbons (Fsp3) is 0.133. The van der Waals surface area contributed by atoms with E-state index >= 15 is 0 Å². The van der Waals surface area contributed by atoms with Crippen molar-refractivity contribution in [3.05, 3.63) is 59.4 Å². The molecule has 1 aromatic heterocycles. The maximum atomic E-state index is 13.5. The number of nitrogens with zero attached hydrogens (tertiary/aromatic N) is 1. The molecule has 1 atom stereocenters. The molecule has 2 rings (SSSR count). The summed E-state index contributed by atoms with van der Waals surface area (Å²) in [7, 11) is 0. The molecule has 0 spiro atoms. The number of anilines is 1. The first-order valence-corrected chi connectivity index (χ1v) is 7.57. The Morgan fingerprint density at radius 2 is 1.84 bits per heavy atom. The number of nitrogens with one attached hydrogen (secondary N) is 2. The Hall–Kier alpha value is -2.23. The molecule has 0 saturated carbocycles. The highest BCUT2D eigenvalue weighted by molar-refractivity contribution is 7.80. The van der Waals surface area contributed by atoms with Gasteiger partial charge in [0.15, 0.2) is 0 Å². The quantitative estimate of drug-likeness (QED) is 0.554. The summed E-state index contributed by atoms with van der Waals surface area (Å²) in [5.74, 6) is -1.05. The van der Waals surface area contributed by atoms with Crippen LogP contribution in [-0.4, -0.2) is 27.7 Å². The van der Waals surface area contributed by atoms with Gasteiger partial charge in [-0.15, -0.1) is 0 Å². The number of carbonyl (C=O) groups is 1. The fourth-order valence-electron chi connectivity index (χ4n) is 1.78. The van der Waals surface area contributed by atoms with Crippen molar-refractivity contribution < 1.29 is 18.0 Å². The number of hydrogen-bond donors (Lipinski definition) is 3. The number of amides is 1. The van der Waals surface area contributed by atoms with Crippen LogP contribution in [0.5, 0.6) is 0 Å². The molecule has 1 aromatic carbocycles. The molecule has 0 aliphatic heterocycles. The molecule has 10 heteroatoms. The zero-order chi connectivity index (χ0) is 18.7. The molecule has 5 nitrogen and oxygen atoms in total. The summed E-state index contributed by atoms with van der Waals surface area (Å²) < 4.78 is 40.5. The summed E-state index contributed by atoms with van der Waals surface area (Å²) >= 11 is 10.5. The van der Waals surface area contributed by atoms with Gasteiger partial charge >= 0.3 is 6.18 Å². The summed E-state index contributed by atoms with van der Waals surface area (Å²) in [5, 5.41) is 4.41.